The van der Waals surface area contributed by atoms with Gasteiger partial charge in [-0.05, 0) is 12.8 Å². The molecule has 0 saturated heterocycles. The van der Waals surface area contributed by atoms with Gasteiger partial charge < -0.3 is 19.7 Å². The molecule has 16 heavy (non-hydrogen) atoms. The highest BCUT2D eigenvalue weighted by atomic mass is 16.5. The molecule has 1 aromatic rings. The number of hydrogen-bond donors (Lipinski definition) is 1. The van der Waals surface area contributed by atoms with Gasteiger partial charge >= 0.3 is 0 Å². The first-order valence-corrected chi connectivity index (χ1v) is 5.34. The highest BCUT2D eigenvalue weighted by molar-refractivity contribution is 4.91. The van der Waals surface area contributed by atoms with Crippen molar-refractivity contribution in [2.24, 2.45) is 5.73 Å². The number of ether oxygens (including phenoxy) is 2. The molecule has 6 heteroatoms. The molecule has 0 aliphatic heterocycles. The van der Waals surface area contributed by atoms with Crippen LogP contribution in [0.3, 0.4) is 0 Å². The monoisotopic (exact) mass is 229 g/mol. The summed E-state index contributed by atoms with van der Waals surface area (Å²) in [6, 6.07) is -0.247. The van der Waals surface area contributed by atoms with E-state index in [4.69, 9.17) is 19.7 Å². The predicted octanol–water partition coefficient (Wildman–Crippen LogP) is 0.685. The van der Waals surface area contributed by atoms with Gasteiger partial charge in [-0.15, -0.1) is 0 Å². The first kappa shape index (κ1) is 13.1. The van der Waals surface area contributed by atoms with Crippen molar-refractivity contribution in [2.75, 3.05) is 27.4 Å². The van der Waals surface area contributed by atoms with E-state index in [0.717, 1.165) is 12.8 Å². The van der Waals surface area contributed by atoms with Crippen molar-refractivity contribution >= 4 is 0 Å². The zero-order valence-corrected chi connectivity index (χ0v) is 9.81. The van der Waals surface area contributed by atoms with Crippen LogP contribution in [-0.4, -0.2) is 37.6 Å². The van der Waals surface area contributed by atoms with Crippen LogP contribution in [0.25, 0.3) is 0 Å². The van der Waals surface area contributed by atoms with E-state index in [0.29, 0.717) is 31.3 Å². The van der Waals surface area contributed by atoms with E-state index in [1.54, 1.807) is 14.2 Å². The Hall–Kier alpha value is -0.980. The number of aromatic nitrogens is 2. The Morgan fingerprint density at radius 3 is 2.75 bits per heavy atom. The third-order valence-corrected chi connectivity index (χ3v) is 2.18. The molecule has 0 aromatic carbocycles. The third kappa shape index (κ3) is 4.26. The smallest absolute Gasteiger partial charge is 0.243 e. The molecule has 0 bridgehead atoms. The van der Waals surface area contributed by atoms with Gasteiger partial charge in [0.15, 0.2) is 5.82 Å². The number of rotatable bonds is 8. The van der Waals surface area contributed by atoms with Crippen molar-refractivity contribution in [2.45, 2.75) is 25.3 Å². The van der Waals surface area contributed by atoms with Crippen LogP contribution < -0.4 is 5.73 Å². The molecule has 0 aliphatic rings. The topological polar surface area (TPSA) is 83.4 Å². The van der Waals surface area contributed by atoms with Gasteiger partial charge in [-0.25, -0.2) is 0 Å². The lowest BCUT2D eigenvalue weighted by atomic mass is 10.2. The molecule has 2 N–H and O–H groups in total. The first-order chi connectivity index (χ1) is 7.77. The van der Waals surface area contributed by atoms with E-state index in [-0.39, 0.29) is 6.04 Å². The quantitative estimate of drug-likeness (QED) is 0.660. The van der Waals surface area contributed by atoms with Crippen LogP contribution >= 0.6 is 0 Å². The summed E-state index contributed by atoms with van der Waals surface area (Å²) >= 11 is 0. The van der Waals surface area contributed by atoms with E-state index in [1.807, 2.05) is 0 Å². The lowest BCUT2D eigenvalue weighted by Gasteiger charge is -2.04. The van der Waals surface area contributed by atoms with Crippen LogP contribution in [0.1, 0.15) is 30.6 Å². The van der Waals surface area contributed by atoms with Crippen molar-refractivity contribution in [3.63, 3.8) is 0 Å². The average Bonchev–Trinajstić information content (AvgIpc) is 2.75. The van der Waals surface area contributed by atoms with Crippen molar-refractivity contribution in [3.05, 3.63) is 11.7 Å². The number of hydrogen-bond acceptors (Lipinski definition) is 6. The predicted molar refractivity (Wildman–Crippen MR) is 57.9 cm³/mol. The molecule has 6 nitrogen and oxygen atoms in total. The first-order valence-electron chi connectivity index (χ1n) is 5.34. The molecule has 1 aromatic heterocycles. The fourth-order valence-corrected chi connectivity index (χ4v) is 1.26. The van der Waals surface area contributed by atoms with E-state index < -0.39 is 0 Å². The number of nitrogens with zero attached hydrogens (tertiary/aromatic N) is 2. The molecule has 0 saturated carbocycles. The number of methoxy groups -OCH3 is 2. The summed E-state index contributed by atoms with van der Waals surface area (Å²) in [6.45, 7) is 1.28. The maximum atomic E-state index is 5.85. The molecule has 1 rings (SSSR count). The van der Waals surface area contributed by atoms with Gasteiger partial charge in [0, 0.05) is 33.9 Å². The normalized spacial score (nSPS) is 12.9. The highest BCUT2D eigenvalue weighted by Gasteiger charge is 2.14. The summed E-state index contributed by atoms with van der Waals surface area (Å²) in [5.41, 5.74) is 5.85. The fourth-order valence-electron chi connectivity index (χ4n) is 1.26. The van der Waals surface area contributed by atoms with Gasteiger partial charge in [-0.1, -0.05) is 5.16 Å². The fraction of sp³-hybridized carbons (Fsp3) is 0.800. The van der Waals surface area contributed by atoms with Crippen molar-refractivity contribution in [1.82, 2.24) is 10.1 Å². The van der Waals surface area contributed by atoms with E-state index in [2.05, 4.69) is 10.1 Å². The Morgan fingerprint density at radius 1 is 1.31 bits per heavy atom. The SMILES string of the molecule is COCCCc1noc(C(N)CCOC)n1. The Bertz CT molecular complexity index is 291. The summed E-state index contributed by atoms with van der Waals surface area (Å²) in [5.74, 6) is 1.16. The van der Waals surface area contributed by atoms with Gasteiger partial charge in [-0.3, -0.25) is 0 Å². The third-order valence-electron chi connectivity index (χ3n) is 2.18. The molecule has 0 amide bonds. The lowest BCUT2D eigenvalue weighted by molar-refractivity contribution is 0.182. The zero-order chi connectivity index (χ0) is 11.8. The van der Waals surface area contributed by atoms with Crippen molar-refractivity contribution < 1.29 is 14.0 Å². The molecule has 0 fully saturated rings. The Morgan fingerprint density at radius 2 is 2.06 bits per heavy atom. The Labute approximate surface area is 95.1 Å². The maximum absolute atomic E-state index is 5.85. The van der Waals surface area contributed by atoms with Gasteiger partial charge in [-0.2, -0.15) is 4.98 Å². The Balaban J connectivity index is 2.37. The Kier molecular flexibility index (Phi) is 5.99. The number of aryl methyl sites for hydroxylation is 1. The van der Waals surface area contributed by atoms with E-state index >= 15 is 0 Å². The van der Waals surface area contributed by atoms with Crippen LogP contribution in [0.15, 0.2) is 4.52 Å². The van der Waals surface area contributed by atoms with Crippen molar-refractivity contribution in [3.8, 4) is 0 Å². The largest absolute Gasteiger partial charge is 0.385 e. The van der Waals surface area contributed by atoms with Gasteiger partial charge in [0.2, 0.25) is 5.89 Å². The lowest BCUT2D eigenvalue weighted by Crippen LogP contribution is -2.13. The second kappa shape index (κ2) is 7.32. The van der Waals surface area contributed by atoms with Gasteiger partial charge in [0.1, 0.15) is 0 Å². The van der Waals surface area contributed by atoms with Crippen LogP contribution in [0.4, 0.5) is 0 Å². The number of nitrogens with two attached hydrogens (primary N) is 1. The molecule has 0 radical (unpaired) electrons. The molecule has 0 spiro atoms. The molecule has 1 atom stereocenters. The molecular weight excluding hydrogens is 210 g/mol. The molecule has 1 heterocycles. The van der Waals surface area contributed by atoms with Crippen LogP contribution in [-0.2, 0) is 15.9 Å². The zero-order valence-electron chi connectivity index (χ0n) is 9.81. The van der Waals surface area contributed by atoms with Crippen LogP contribution in [0.5, 0.6) is 0 Å². The van der Waals surface area contributed by atoms with Crippen LogP contribution in [0, 0.1) is 0 Å². The summed E-state index contributed by atoms with van der Waals surface area (Å²) in [7, 11) is 3.30. The molecule has 92 valence electrons. The van der Waals surface area contributed by atoms with Gasteiger partial charge in [0.25, 0.3) is 0 Å². The standard InChI is InChI=1S/C10H19N3O3/c1-14-6-3-4-9-12-10(16-13-9)8(11)5-7-15-2/h8H,3-7,11H2,1-2H3. The second-order valence-electron chi connectivity index (χ2n) is 3.53. The molecule has 1 unspecified atom stereocenters. The van der Waals surface area contributed by atoms with Crippen LogP contribution in [0.2, 0.25) is 0 Å². The van der Waals surface area contributed by atoms with E-state index in [9.17, 15) is 0 Å². The molecular formula is C10H19N3O3. The maximum Gasteiger partial charge on any atom is 0.243 e. The van der Waals surface area contributed by atoms with Gasteiger partial charge in [0.05, 0.1) is 6.04 Å². The average molecular weight is 229 g/mol. The molecule has 0 aliphatic carbocycles. The highest BCUT2D eigenvalue weighted by Crippen LogP contribution is 2.12. The summed E-state index contributed by atoms with van der Waals surface area (Å²) < 4.78 is 14.9. The second-order valence-corrected chi connectivity index (χ2v) is 3.53. The summed E-state index contributed by atoms with van der Waals surface area (Å²) in [6.07, 6.45) is 2.30. The minimum absolute atomic E-state index is 0.247. The van der Waals surface area contributed by atoms with E-state index in [1.165, 1.54) is 0 Å². The summed E-state index contributed by atoms with van der Waals surface area (Å²) in [5, 5.41) is 3.85. The summed E-state index contributed by atoms with van der Waals surface area (Å²) in [4.78, 5) is 4.22. The van der Waals surface area contributed by atoms with Crippen molar-refractivity contribution in [1.29, 1.82) is 0 Å². The minimum atomic E-state index is -0.247. The minimum Gasteiger partial charge on any atom is -0.385 e.